The molecule has 2 heteroatoms. The second-order valence-corrected chi connectivity index (χ2v) is 2.16. The third-order valence-corrected chi connectivity index (χ3v) is 1.49. The molecule has 0 bridgehead atoms. The van der Waals surface area contributed by atoms with E-state index >= 15 is 0 Å². The molecule has 1 heterocycles. The van der Waals surface area contributed by atoms with Gasteiger partial charge < -0.3 is 0 Å². The molecule has 0 amide bonds. The molecule has 10 heavy (non-hydrogen) atoms. The maximum atomic E-state index is 3.89. The summed E-state index contributed by atoms with van der Waals surface area (Å²) in [4.78, 5) is 0. The Bertz CT molecular complexity index is 278. The number of hydrogen-bond acceptors (Lipinski definition) is 1. The van der Waals surface area contributed by atoms with Crippen LogP contribution in [0.15, 0.2) is 36.7 Å². The highest BCUT2D eigenvalue weighted by Gasteiger charge is 1.91. The number of aromatic amines is 1. The minimum Gasteiger partial charge on any atom is -0.106 e. The van der Waals surface area contributed by atoms with E-state index in [-0.39, 0.29) is 0 Å². The van der Waals surface area contributed by atoms with Crippen molar-refractivity contribution in [3.8, 4) is 0 Å². The number of fused-ring (bicyclic) bond motifs is 1. The number of rotatable bonds is 0. The Kier molecular flexibility index (Phi) is 1.10. The van der Waals surface area contributed by atoms with Crippen LogP contribution in [0.25, 0.3) is 10.8 Å². The fourth-order valence-corrected chi connectivity index (χ4v) is 0.974. The van der Waals surface area contributed by atoms with E-state index in [1.807, 2.05) is 36.7 Å². The lowest BCUT2D eigenvalue weighted by atomic mass is 10.2. The number of nitrogens with zero attached hydrogens (tertiary/aromatic N) is 1. The van der Waals surface area contributed by atoms with Crippen LogP contribution < -0.4 is 5.10 Å². The summed E-state index contributed by atoms with van der Waals surface area (Å²) in [5.74, 6) is 0. The number of hydrogen-bond donors (Lipinski definition) is 0. The van der Waals surface area contributed by atoms with E-state index in [9.17, 15) is 0 Å². The zero-order chi connectivity index (χ0) is 6.81. The molecular weight excluding hydrogens is 124 g/mol. The van der Waals surface area contributed by atoms with E-state index in [0.717, 1.165) is 0 Å². The fraction of sp³-hybridized carbons (Fsp3) is 0. The molecule has 0 saturated carbocycles. The number of aromatic nitrogens is 2. The summed E-state index contributed by atoms with van der Waals surface area (Å²) in [7, 11) is 0. The van der Waals surface area contributed by atoms with E-state index in [1.54, 1.807) is 0 Å². The van der Waals surface area contributed by atoms with Crippen molar-refractivity contribution in [1.82, 2.24) is 5.10 Å². The second-order valence-electron chi connectivity index (χ2n) is 2.16. The minimum absolute atomic E-state index is 1.17. The summed E-state index contributed by atoms with van der Waals surface area (Å²) in [5.41, 5.74) is 0. The zero-order valence-corrected chi connectivity index (χ0v) is 5.41. The average Bonchev–Trinajstić information content (AvgIpc) is 2.05. The van der Waals surface area contributed by atoms with Crippen molar-refractivity contribution in [3.63, 3.8) is 0 Å². The van der Waals surface area contributed by atoms with Gasteiger partial charge in [0.05, 0.1) is 0 Å². The smallest absolute Gasteiger partial charge is 0.106 e. The Morgan fingerprint density at radius 2 is 1.90 bits per heavy atom. The van der Waals surface area contributed by atoms with Crippen molar-refractivity contribution < 1.29 is 5.10 Å². The molecule has 0 radical (unpaired) electrons. The third kappa shape index (κ3) is 0.739. The Balaban J connectivity index is 2.89. The molecule has 2 aromatic rings. The first-order chi connectivity index (χ1) is 4.97. The van der Waals surface area contributed by atoms with Crippen LogP contribution in [0, 0.1) is 0 Å². The lowest BCUT2D eigenvalue weighted by molar-refractivity contribution is -0.453. The molecule has 0 atom stereocenters. The normalized spacial score (nSPS) is 10.0. The van der Waals surface area contributed by atoms with Crippen molar-refractivity contribution in [3.05, 3.63) is 36.7 Å². The Hall–Kier alpha value is -1.44. The van der Waals surface area contributed by atoms with Gasteiger partial charge >= 0.3 is 0 Å². The molecule has 2 nitrogen and oxygen atoms in total. The molecule has 1 N–H and O–H groups in total. The predicted molar refractivity (Wildman–Crippen MR) is 38.3 cm³/mol. The molecule has 0 aliphatic carbocycles. The van der Waals surface area contributed by atoms with E-state index in [4.69, 9.17) is 0 Å². The molecule has 0 saturated heterocycles. The number of nitrogens with one attached hydrogen (secondary N) is 1. The van der Waals surface area contributed by atoms with Crippen molar-refractivity contribution >= 4 is 10.8 Å². The van der Waals surface area contributed by atoms with E-state index in [0.29, 0.717) is 0 Å². The Labute approximate surface area is 58.5 Å². The van der Waals surface area contributed by atoms with Gasteiger partial charge in [0.1, 0.15) is 6.20 Å². The highest BCUT2D eigenvalue weighted by atomic mass is 15.1. The summed E-state index contributed by atoms with van der Waals surface area (Å²) < 4.78 is 0. The van der Waals surface area contributed by atoms with Crippen LogP contribution in [0.3, 0.4) is 0 Å². The lowest BCUT2D eigenvalue weighted by Gasteiger charge is -1.86. The van der Waals surface area contributed by atoms with Gasteiger partial charge in [0.2, 0.25) is 6.20 Å². The van der Waals surface area contributed by atoms with Crippen molar-refractivity contribution in [2.24, 2.45) is 0 Å². The Morgan fingerprint density at radius 1 is 1.10 bits per heavy atom. The quantitative estimate of drug-likeness (QED) is 0.525. The largest absolute Gasteiger partial charge is 0.201 e. The standard InChI is InChI=1S/C8H6N2/c1-2-4-8-6-10-9-5-7(8)3-1/h1-6H/p+1. The van der Waals surface area contributed by atoms with E-state index < -0.39 is 0 Å². The first kappa shape index (κ1) is 5.35. The minimum atomic E-state index is 1.17. The van der Waals surface area contributed by atoms with Crippen LogP contribution in [0.1, 0.15) is 0 Å². The van der Waals surface area contributed by atoms with Gasteiger partial charge in [0, 0.05) is 10.8 Å². The summed E-state index contributed by atoms with van der Waals surface area (Å²) in [5, 5.41) is 9.03. The molecule has 0 aliphatic heterocycles. The van der Waals surface area contributed by atoms with Gasteiger partial charge in [0.25, 0.3) is 0 Å². The summed E-state index contributed by atoms with van der Waals surface area (Å²) in [6.45, 7) is 0. The number of H-pyrrole nitrogens is 1. The maximum absolute atomic E-state index is 3.89. The van der Waals surface area contributed by atoms with E-state index in [2.05, 4.69) is 10.2 Å². The molecule has 0 aliphatic rings. The van der Waals surface area contributed by atoms with Crippen LogP contribution in [0.4, 0.5) is 0 Å². The summed E-state index contributed by atoms with van der Waals surface area (Å²) in [6.07, 6.45) is 3.70. The molecule has 2 rings (SSSR count). The molecule has 1 aromatic heterocycles. The molecule has 48 valence electrons. The van der Waals surface area contributed by atoms with Crippen LogP contribution in [-0.2, 0) is 0 Å². The van der Waals surface area contributed by atoms with Crippen LogP contribution in [-0.4, -0.2) is 5.10 Å². The van der Waals surface area contributed by atoms with Gasteiger partial charge in [-0.05, 0) is 11.2 Å². The summed E-state index contributed by atoms with van der Waals surface area (Å²) >= 11 is 0. The van der Waals surface area contributed by atoms with Gasteiger partial charge in [-0.25, -0.2) is 0 Å². The van der Waals surface area contributed by atoms with Gasteiger partial charge in [-0.2, -0.15) is 0 Å². The first-order valence-corrected chi connectivity index (χ1v) is 3.18. The third-order valence-electron chi connectivity index (χ3n) is 1.49. The Morgan fingerprint density at radius 3 is 2.70 bits per heavy atom. The molecule has 0 spiro atoms. The SMILES string of the molecule is c1ccc2c[nH+]ncc2c1. The average molecular weight is 131 g/mol. The second kappa shape index (κ2) is 2.06. The topological polar surface area (TPSA) is 27.0 Å². The van der Waals surface area contributed by atoms with Gasteiger partial charge in [-0.3, -0.25) is 0 Å². The molecule has 0 unspecified atom stereocenters. The van der Waals surface area contributed by atoms with Gasteiger partial charge in [-0.15, -0.1) is 5.10 Å². The van der Waals surface area contributed by atoms with Crippen molar-refractivity contribution in [2.45, 2.75) is 0 Å². The maximum Gasteiger partial charge on any atom is 0.201 e. The van der Waals surface area contributed by atoms with E-state index in [1.165, 1.54) is 10.8 Å². The van der Waals surface area contributed by atoms with Crippen LogP contribution in [0.2, 0.25) is 0 Å². The van der Waals surface area contributed by atoms with Gasteiger partial charge in [0.15, 0.2) is 0 Å². The predicted octanol–water partition coefficient (Wildman–Crippen LogP) is 1.05. The summed E-state index contributed by atoms with van der Waals surface area (Å²) in [6, 6.07) is 8.10. The van der Waals surface area contributed by atoms with Crippen LogP contribution in [0.5, 0.6) is 0 Å². The highest BCUT2D eigenvalue weighted by molar-refractivity contribution is 5.79. The zero-order valence-electron chi connectivity index (χ0n) is 5.41. The first-order valence-electron chi connectivity index (χ1n) is 3.18. The van der Waals surface area contributed by atoms with Crippen molar-refractivity contribution in [1.29, 1.82) is 0 Å². The van der Waals surface area contributed by atoms with Gasteiger partial charge in [-0.1, -0.05) is 18.2 Å². The lowest BCUT2D eigenvalue weighted by Crippen LogP contribution is -2.04. The molecule has 1 aromatic carbocycles. The highest BCUT2D eigenvalue weighted by Crippen LogP contribution is 2.06. The molecular formula is C8H7N2+. The molecule has 0 fully saturated rings. The monoisotopic (exact) mass is 131 g/mol. The number of benzene rings is 1. The van der Waals surface area contributed by atoms with Crippen LogP contribution >= 0.6 is 0 Å². The van der Waals surface area contributed by atoms with Crippen molar-refractivity contribution in [2.75, 3.05) is 0 Å². The fourth-order valence-electron chi connectivity index (χ4n) is 0.974.